The molecule has 0 heteroatoms. The highest BCUT2D eigenvalue weighted by atomic mass is 14.6. The normalized spacial score (nSPS) is 18.0. The molecule has 9 aromatic rings. The van der Waals surface area contributed by atoms with E-state index in [2.05, 4.69) is 227 Å². The van der Waals surface area contributed by atoms with Gasteiger partial charge in [0.1, 0.15) is 0 Å². The topological polar surface area (TPSA) is 0 Å². The molecule has 3 aliphatic rings. The molecule has 0 saturated heterocycles. The summed E-state index contributed by atoms with van der Waals surface area (Å²) in [5, 5.41) is 2.65. The van der Waals surface area contributed by atoms with Crippen LogP contribution in [0.25, 0.3) is 55.3 Å². The summed E-state index contributed by atoms with van der Waals surface area (Å²) in [6, 6.07) is 78.2. The van der Waals surface area contributed by atoms with E-state index < -0.39 is 0 Å². The second kappa shape index (κ2) is 14.1. The molecule has 12 rings (SSSR count). The van der Waals surface area contributed by atoms with Crippen molar-refractivity contribution in [3.63, 3.8) is 0 Å². The monoisotopic (exact) mass is 794 g/mol. The maximum Gasteiger partial charge on any atom is 0.0278 e. The minimum atomic E-state index is -0.112. The van der Waals surface area contributed by atoms with Gasteiger partial charge in [0.05, 0.1) is 0 Å². The van der Waals surface area contributed by atoms with Gasteiger partial charge in [-0.1, -0.05) is 221 Å². The Morgan fingerprint density at radius 2 is 0.984 bits per heavy atom. The smallest absolute Gasteiger partial charge is 0.0278 e. The summed E-state index contributed by atoms with van der Waals surface area (Å²) >= 11 is 0. The van der Waals surface area contributed by atoms with Crippen LogP contribution in [-0.2, 0) is 17.3 Å². The summed E-state index contributed by atoms with van der Waals surface area (Å²) in [6.45, 7) is 7.38. The summed E-state index contributed by atoms with van der Waals surface area (Å²) in [6.07, 6.45) is 2.15. The van der Waals surface area contributed by atoms with Crippen molar-refractivity contribution in [1.82, 2.24) is 0 Å². The average Bonchev–Trinajstić information content (AvgIpc) is 4.05. The lowest BCUT2D eigenvalue weighted by atomic mass is 9.71. The van der Waals surface area contributed by atoms with Crippen molar-refractivity contribution in [2.45, 2.75) is 62.2 Å². The first-order valence-electron chi connectivity index (χ1n) is 22.6. The highest BCUT2D eigenvalue weighted by molar-refractivity contribution is 5.91. The highest BCUT2D eigenvalue weighted by Gasteiger charge is 2.57. The van der Waals surface area contributed by atoms with Crippen LogP contribution in [0.5, 0.6) is 0 Å². The first kappa shape index (κ1) is 37.0. The first-order valence-corrected chi connectivity index (χ1v) is 22.6. The molecule has 0 N–H and O–H groups in total. The van der Waals surface area contributed by atoms with E-state index in [1.165, 1.54) is 99.8 Å². The van der Waals surface area contributed by atoms with Crippen molar-refractivity contribution in [1.29, 1.82) is 0 Å². The van der Waals surface area contributed by atoms with Crippen LogP contribution in [0.2, 0.25) is 0 Å². The fourth-order valence-corrected chi connectivity index (χ4v) is 11.7. The molecule has 9 aromatic carbocycles. The van der Waals surface area contributed by atoms with Crippen molar-refractivity contribution >= 4 is 10.8 Å². The second-order valence-electron chi connectivity index (χ2n) is 18.9. The van der Waals surface area contributed by atoms with Crippen LogP contribution in [0.1, 0.15) is 89.5 Å². The number of benzene rings is 9. The zero-order valence-corrected chi connectivity index (χ0v) is 35.8. The van der Waals surface area contributed by atoms with E-state index in [1.807, 2.05) is 0 Å². The molecular formula is C62H50. The predicted molar refractivity (Wildman–Crippen MR) is 260 cm³/mol. The molecule has 3 atom stereocenters. The predicted octanol–water partition coefficient (Wildman–Crippen LogP) is 16.1. The van der Waals surface area contributed by atoms with Crippen molar-refractivity contribution in [3.05, 3.63) is 251 Å². The van der Waals surface area contributed by atoms with Crippen molar-refractivity contribution in [2.24, 2.45) is 0 Å². The molecule has 0 spiro atoms. The standard InChI is InChI=1S/C62H50/c1-40(56-36-49-34-46-18-10-11-19-47(46)35-57(49)53-21-13-12-20-52(53)56)45-26-32-54-55-33-27-48(38-59(55)61(2,3)58(54)37-45)60-39-62(60,50-28-22-43(23-29-50)41-14-6-4-7-15-41)51-30-24-44(25-31-51)42-16-8-5-9-17-42/h4-35,37-38,40,56,60H,36,39H2,1-3H3. The van der Waals surface area contributed by atoms with Crippen LogP contribution in [0.3, 0.4) is 0 Å². The van der Waals surface area contributed by atoms with Crippen LogP contribution < -0.4 is 0 Å². The van der Waals surface area contributed by atoms with E-state index >= 15 is 0 Å². The Labute approximate surface area is 366 Å². The van der Waals surface area contributed by atoms with Gasteiger partial charge in [0.25, 0.3) is 0 Å². The van der Waals surface area contributed by atoms with E-state index in [4.69, 9.17) is 0 Å². The molecule has 62 heavy (non-hydrogen) atoms. The quantitative estimate of drug-likeness (QED) is 0.151. The molecule has 3 aliphatic carbocycles. The highest BCUT2D eigenvalue weighted by Crippen LogP contribution is 2.65. The average molecular weight is 795 g/mol. The summed E-state index contributed by atoms with van der Waals surface area (Å²) < 4.78 is 0. The molecule has 1 fully saturated rings. The van der Waals surface area contributed by atoms with Gasteiger partial charge in [-0.2, -0.15) is 0 Å². The van der Waals surface area contributed by atoms with Gasteiger partial charge in [-0.3, -0.25) is 0 Å². The molecule has 0 bridgehead atoms. The van der Waals surface area contributed by atoms with Gasteiger partial charge in [0, 0.05) is 10.8 Å². The Bertz CT molecular complexity index is 3070. The van der Waals surface area contributed by atoms with Gasteiger partial charge in [0.2, 0.25) is 0 Å². The lowest BCUT2D eigenvalue weighted by Crippen LogP contribution is -2.19. The number of rotatable bonds is 7. The summed E-state index contributed by atoms with van der Waals surface area (Å²) in [5.41, 5.74) is 22.0. The fraction of sp³-hybridized carbons (Fsp3) is 0.161. The molecular weight excluding hydrogens is 745 g/mol. The van der Waals surface area contributed by atoms with Crippen LogP contribution in [0, 0.1) is 0 Å². The van der Waals surface area contributed by atoms with E-state index in [1.54, 1.807) is 0 Å². The van der Waals surface area contributed by atoms with Crippen LogP contribution >= 0.6 is 0 Å². The first-order chi connectivity index (χ1) is 30.4. The zero-order chi connectivity index (χ0) is 41.6. The SMILES string of the molecule is CC(c1ccc2c(c1)C(C)(C)c1cc(C3CC3(c3ccc(-c4ccccc4)cc3)c3ccc(-c4ccccc4)cc3)ccc1-2)C1Cc2cc3ccccc3cc2-c2ccccc21. The number of fused-ring (bicyclic) bond motifs is 7. The summed E-state index contributed by atoms with van der Waals surface area (Å²) in [7, 11) is 0. The molecule has 0 radical (unpaired) electrons. The minimum absolute atomic E-state index is 0.0853. The van der Waals surface area contributed by atoms with E-state index in [0.717, 1.165) is 12.8 Å². The molecule has 0 aliphatic heterocycles. The van der Waals surface area contributed by atoms with Gasteiger partial charge >= 0.3 is 0 Å². The minimum Gasteiger partial charge on any atom is -0.0622 e. The molecule has 1 saturated carbocycles. The van der Waals surface area contributed by atoms with E-state index in [9.17, 15) is 0 Å². The molecule has 0 amide bonds. The molecule has 0 aromatic heterocycles. The summed E-state index contributed by atoms with van der Waals surface area (Å²) in [5.74, 6) is 1.16. The third-order valence-corrected chi connectivity index (χ3v) is 15.3. The second-order valence-corrected chi connectivity index (χ2v) is 18.9. The Morgan fingerprint density at radius 1 is 0.452 bits per heavy atom. The van der Waals surface area contributed by atoms with Gasteiger partial charge in [-0.05, 0) is 136 Å². The van der Waals surface area contributed by atoms with Crippen molar-refractivity contribution in [2.75, 3.05) is 0 Å². The number of hydrogen-bond acceptors (Lipinski definition) is 0. The zero-order valence-electron chi connectivity index (χ0n) is 35.8. The number of hydrogen-bond donors (Lipinski definition) is 0. The van der Waals surface area contributed by atoms with E-state index in [0.29, 0.717) is 17.8 Å². The van der Waals surface area contributed by atoms with Crippen LogP contribution in [0.4, 0.5) is 0 Å². The summed E-state index contributed by atoms with van der Waals surface area (Å²) in [4.78, 5) is 0. The lowest BCUT2D eigenvalue weighted by molar-refractivity contribution is 0.566. The van der Waals surface area contributed by atoms with Gasteiger partial charge in [-0.15, -0.1) is 0 Å². The van der Waals surface area contributed by atoms with Gasteiger partial charge < -0.3 is 0 Å². The van der Waals surface area contributed by atoms with Gasteiger partial charge in [0.15, 0.2) is 0 Å². The fourth-order valence-electron chi connectivity index (χ4n) is 11.7. The Morgan fingerprint density at radius 3 is 1.63 bits per heavy atom. The van der Waals surface area contributed by atoms with E-state index in [-0.39, 0.29) is 10.8 Å². The maximum atomic E-state index is 2.58. The Kier molecular flexibility index (Phi) is 8.45. The lowest BCUT2D eigenvalue weighted by Gasteiger charge is -2.33. The molecule has 3 unspecified atom stereocenters. The van der Waals surface area contributed by atoms with Crippen LogP contribution in [-0.4, -0.2) is 0 Å². The molecule has 298 valence electrons. The molecule has 0 heterocycles. The Hall–Kier alpha value is -6.76. The maximum absolute atomic E-state index is 2.58. The Balaban J connectivity index is 0.882. The third-order valence-electron chi connectivity index (χ3n) is 15.3. The van der Waals surface area contributed by atoms with Crippen LogP contribution in [0.15, 0.2) is 206 Å². The third kappa shape index (κ3) is 5.80. The largest absolute Gasteiger partial charge is 0.0622 e. The molecule has 0 nitrogen and oxygen atoms in total. The van der Waals surface area contributed by atoms with Crippen molar-refractivity contribution in [3.8, 4) is 44.5 Å². The van der Waals surface area contributed by atoms with Gasteiger partial charge in [-0.25, -0.2) is 0 Å². The van der Waals surface area contributed by atoms with Crippen molar-refractivity contribution < 1.29 is 0 Å².